The third-order valence-corrected chi connectivity index (χ3v) is 8.07. The first-order valence-electron chi connectivity index (χ1n) is 12.2. The highest BCUT2D eigenvalue weighted by molar-refractivity contribution is 7.90. The Morgan fingerprint density at radius 2 is 1.90 bits per heavy atom. The van der Waals surface area contributed by atoms with E-state index < -0.39 is 9.84 Å². The minimum atomic E-state index is -3.67. The number of ether oxygens (including phenoxy) is 3. The number of benzene rings is 1. The molecule has 1 aromatic carbocycles. The van der Waals surface area contributed by atoms with Gasteiger partial charge in [0, 0.05) is 23.9 Å². The number of hydrogen-bond donors (Lipinski definition) is 0. The molecule has 1 aliphatic heterocycles. The Hall–Kier alpha value is -3.67. The molecule has 0 radical (unpaired) electrons. The van der Waals surface area contributed by atoms with Gasteiger partial charge in [-0.1, -0.05) is 23.7 Å². The fourth-order valence-electron chi connectivity index (χ4n) is 4.50. The maximum absolute atomic E-state index is 13.5. The average molecular weight is 571 g/mol. The lowest BCUT2D eigenvalue weighted by Gasteiger charge is -2.17. The number of nitrogens with zero attached hydrogens (tertiary/aromatic N) is 4. The van der Waals surface area contributed by atoms with E-state index in [1.807, 2.05) is 12.1 Å². The highest BCUT2D eigenvalue weighted by Crippen LogP contribution is 2.37. The van der Waals surface area contributed by atoms with Gasteiger partial charge >= 0.3 is 0 Å². The van der Waals surface area contributed by atoms with Gasteiger partial charge in [0.2, 0.25) is 5.82 Å². The van der Waals surface area contributed by atoms with Gasteiger partial charge in [-0.05, 0) is 42.3 Å². The van der Waals surface area contributed by atoms with Gasteiger partial charge in [0.25, 0.3) is 0 Å². The molecular formula is C27H27ClN4O6S. The zero-order chi connectivity index (χ0) is 27.4. The van der Waals surface area contributed by atoms with Gasteiger partial charge in [-0.15, -0.1) is 10.2 Å². The Kier molecular flexibility index (Phi) is 8.01. The molecule has 12 heteroatoms. The zero-order valence-electron chi connectivity index (χ0n) is 21.5. The molecule has 5 rings (SSSR count). The number of halogens is 1. The number of methoxy groups -OCH3 is 2. The molecular weight excluding hydrogens is 544 g/mol. The molecule has 0 spiro atoms. The molecule has 0 fully saturated rings. The van der Waals surface area contributed by atoms with E-state index in [1.54, 1.807) is 34.9 Å². The SMILES string of the molecule is COc1cccc(OC)c1-n1c(CS(=O)(=O)CCc2ncc(Cl)cc2C2=CCOCC2)nnc1-c1ccco1. The van der Waals surface area contributed by atoms with Gasteiger partial charge in [-0.3, -0.25) is 9.55 Å². The summed E-state index contributed by atoms with van der Waals surface area (Å²) in [4.78, 5) is 4.46. The molecule has 0 atom stereocenters. The van der Waals surface area contributed by atoms with E-state index in [0.717, 1.165) is 11.1 Å². The second kappa shape index (κ2) is 11.6. The monoisotopic (exact) mass is 570 g/mol. The Labute approximate surface area is 231 Å². The topological polar surface area (TPSA) is 119 Å². The largest absolute Gasteiger partial charge is 0.494 e. The van der Waals surface area contributed by atoms with Crippen molar-refractivity contribution in [1.29, 1.82) is 0 Å². The third-order valence-electron chi connectivity index (χ3n) is 6.34. The van der Waals surface area contributed by atoms with E-state index in [-0.39, 0.29) is 23.8 Å². The maximum Gasteiger partial charge on any atom is 0.204 e. The van der Waals surface area contributed by atoms with Crippen molar-refractivity contribution in [3.8, 4) is 28.8 Å². The summed E-state index contributed by atoms with van der Waals surface area (Å²) in [5, 5.41) is 9.01. The second-order valence-electron chi connectivity index (χ2n) is 8.81. The molecule has 10 nitrogen and oxygen atoms in total. The Morgan fingerprint density at radius 1 is 1.10 bits per heavy atom. The molecule has 4 aromatic rings. The first-order valence-corrected chi connectivity index (χ1v) is 14.4. The van der Waals surface area contributed by atoms with Crippen LogP contribution < -0.4 is 9.47 Å². The number of aryl methyl sites for hydroxylation is 1. The normalized spacial score (nSPS) is 13.8. The standard InChI is InChI=1S/C27H27ClN4O6S/c1-35-22-5-3-6-23(36-2)26(22)32-25(30-31-27(32)24-7-4-11-38-24)17-39(33,34)14-10-21-20(15-19(28)16-29-21)18-8-12-37-13-9-18/h3-8,11,15-16H,9-10,12-14,17H2,1-2H3. The van der Waals surface area contributed by atoms with Crippen molar-refractivity contribution in [1.82, 2.24) is 19.7 Å². The van der Waals surface area contributed by atoms with Crippen molar-refractivity contribution in [2.75, 3.05) is 33.2 Å². The summed E-state index contributed by atoms with van der Waals surface area (Å²) in [5.41, 5.74) is 3.04. The van der Waals surface area contributed by atoms with Gasteiger partial charge < -0.3 is 18.6 Å². The van der Waals surface area contributed by atoms with Gasteiger partial charge in [0.1, 0.15) is 22.9 Å². The quantitative estimate of drug-likeness (QED) is 0.270. The van der Waals surface area contributed by atoms with Gasteiger partial charge in [0.05, 0.1) is 44.5 Å². The van der Waals surface area contributed by atoms with Crippen LogP contribution in [0.15, 0.2) is 59.4 Å². The molecule has 0 saturated heterocycles. The van der Waals surface area contributed by atoms with E-state index >= 15 is 0 Å². The van der Waals surface area contributed by atoms with E-state index in [9.17, 15) is 8.42 Å². The number of pyridine rings is 1. The van der Waals surface area contributed by atoms with Crippen LogP contribution in [-0.2, 0) is 26.7 Å². The molecule has 204 valence electrons. The molecule has 0 amide bonds. The smallest absolute Gasteiger partial charge is 0.204 e. The van der Waals surface area contributed by atoms with Crippen LogP contribution in [-0.4, -0.2) is 61.4 Å². The summed E-state index contributed by atoms with van der Waals surface area (Å²) < 4.78 is 50.7. The predicted molar refractivity (Wildman–Crippen MR) is 146 cm³/mol. The highest BCUT2D eigenvalue weighted by atomic mass is 35.5. The van der Waals surface area contributed by atoms with E-state index in [1.165, 1.54) is 26.7 Å². The Balaban J connectivity index is 1.48. The summed E-state index contributed by atoms with van der Waals surface area (Å²) in [6, 6.07) is 10.5. The number of para-hydroxylation sites is 1. The van der Waals surface area contributed by atoms with Crippen molar-refractivity contribution >= 4 is 27.0 Å². The van der Waals surface area contributed by atoms with Gasteiger partial charge in [-0.25, -0.2) is 8.42 Å². The minimum Gasteiger partial charge on any atom is -0.494 e. The third kappa shape index (κ3) is 5.85. The van der Waals surface area contributed by atoms with E-state index in [4.69, 9.17) is 30.2 Å². The fraction of sp³-hybridized carbons (Fsp3) is 0.296. The molecule has 0 saturated carbocycles. The summed E-state index contributed by atoms with van der Waals surface area (Å²) in [7, 11) is -0.620. The van der Waals surface area contributed by atoms with Crippen molar-refractivity contribution in [2.45, 2.75) is 18.6 Å². The maximum atomic E-state index is 13.5. The van der Waals surface area contributed by atoms with Crippen LogP contribution in [0.2, 0.25) is 5.02 Å². The number of rotatable bonds is 10. The highest BCUT2D eigenvalue weighted by Gasteiger charge is 2.27. The molecule has 1 aliphatic rings. The van der Waals surface area contributed by atoms with Crippen LogP contribution in [0, 0.1) is 0 Å². The molecule has 39 heavy (non-hydrogen) atoms. The number of aromatic nitrogens is 4. The van der Waals surface area contributed by atoms with Crippen LogP contribution >= 0.6 is 11.6 Å². The summed E-state index contributed by atoms with van der Waals surface area (Å²) in [5.74, 6) is 1.33. The van der Waals surface area contributed by atoms with E-state index in [0.29, 0.717) is 59.1 Å². The lowest BCUT2D eigenvalue weighted by Crippen LogP contribution is -2.17. The van der Waals surface area contributed by atoms with Crippen molar-refractivity contribution in [3.05, 3.63) is 77.0 Å². The van der Waals surface area contributed by atoms with E-state index in [2.05, 4.69) is 15.2 Å². The zero-order valence-corrected chi connectivity index (χ0v) is 23.0. The molecule has 0 bridgehead atoms. The number of hydrogen-bond acceptors (Lipinski definition) is 9. The summed E-state index contributed by atoms with van der Waals surface area (Å²) in [6.45, 7) is 1.09. The van der Waals surface area contributed by atoms with Gasteiger partial charge in [-0.2, -0.15) is 0 Å². The van der Waals surface area contributed by atoms with Crippen molar-refractivity contribution in [2.24, 2.45) is 0 Å². The average Bonchev–Trinajstić information content (AvgIpc) is 3.62. The lowest BCUT2D eigenvalue weighted by molar-refractivity contribution is 0.161. The fourth-order valence-corrected chi connectivity index (χ4v) is 5.89. The first kappa shape index (κ1) is 26.9. The van der Waals surface area contributed by atoms with Crippen LogP contribution in [0.5, 0.6) is 11.5 Å². The van der Waals surface area contributed by atoms with Crippen LogP contribution in [0.4, 0.5) is 0 Å². The molecule has 0 aliphatic carbocycles. The summed E-state index contributed by atoms with van der Waals surface area (Å²) >= 11 is 6.22. The second-order valence-corrected chi connectivity index (χ2v) is 11.4. The number of sulfone groups is 1. The van der Waals surface area contributed by atoms with Crippen LogP contribution in [0.1, 0.15) is 23.5 Å². The van der Waals surface area contributed by atoms with Gasteiger partial charge in [0.15, 0.2) is 21.4 Å². The Morgan fingerprint density at radius 3 is 2.56 bits per heavy atom. The van der Waals surface area contributed by atoms with Crippen LogP contribution in [0.3, 0.4) is 0 Å². The number of furan rings is 1. The van der Waals surface area contributed by atoms with Crippen molar-refractivity contribution < 1.29 is 27.0 Å². The Bertz CT molecular complexity index is 1580. The molecule has 0 N–H and O–H groups in total. The first-order chi connectivity index (χ1) is 18.9. The lowest BCUT2D eigenvalue weighted by atomic mass is 9.99. The minimum absolute atomic E-state index is 0.148. The molecule has 3 aromatic heterocycles. The van der Waals surface area contributed by atoms with Crippen LogP contribution in [0.25, 0.3) is 22.8 Å². The van der Waals surface area contributed by atoms with Crippen molar-refractivity contribution in [3.63, 3.8) is 0 Å². The molecule has 0 unspecified atom stereocenters. The molecule has 4 heterocycles. The predicted octanol–water partition coefficient (Wildman–Crippen LogP) is 4.55. The summed E-state index contributed by atoms with van der Waals surface area (Å²) in [6.07, 6.45) is 5.95.